The molecule has 1 aliphatic carbocycles. The average molecular weight is 381 g/mol. The van der Waals surface area contributed by atoms with Gasteiger partial charge in [0.1, 0.15) is 10.6 Å². The number of nitrogens with zero attached hydrogens (tertiary/aromatic N) is 1. The molecule has 142 valence electrons. The maximum absolute atomic E-state index is 12.9. The van der Waals surface area contributed by atoms with Crippen molar-refractivity contribution in [3.8, 4) is 5.75 Å². The number of methoxy groups -OCH3 is 1. The molecule has 1 aromatic carbocycles. The Morgan fingerprint density at radius 2 is 1.88 bits per heavy atom. The molecule has 1 saturated heterocycles. The van der Waals surface area contributed by atoms with Crippen LogP contribution in [-0.4, -0.2) is 50.8 Å². The number of sulfonamides is 1. The van der Waals surface area contributed by atoms with Crippen LogP contribution in [0.15, 0.2) is 23.1 Å². The minimum absolute atomic E-state index is 0.0497. The summed E-state index contributed by atoms with van der Waals surface area (Å²) < 4.78 is 37.6. The van der Waals surface area contributed by atoms with Gasteiger partial charge in [0.25, 0.3) is 0 Å². The Balaban J connectivity index is 1.87. The van der Waals surface area contributed by atoms with Crippen LogP contribution in [0.2, 0.25) is 0 Å². The summed E-state index contributed by atoms with van der Waals surface area (Å²) in [4.78, 5) is 24.2. The molecule has 0 spiro atoms. The number of hydrogen-bond acceptors (Lipinski definition) is 6. The number of hydrogen-bond donors (Lipinski definition) is 0. The van der Waals surface area contributed by atoms with Crippen LogP contribution in [0.1, 0.15) is 48.9 Å². The van der Waals surface area contributed by atoms with Crippen LogP contribution in [-0.2, 0) is 19.6 Å². The Bertz CT molecular complexity index is 798. The van der Waals surface area contributed by atoms with Gasteiger partial charge in [0.15, 0.2) is 11.9 Å². The summed E-state index contributed by atoms with van der Waals surface area (Å²) >= 11 is 0. The Kier molecular flexibility index (Phi) is 5.62. The van der Waals surface area contributed by atoms with Crippen molar-refractivity contribution in [3.63, 3.8) is 0 Å². The van der Waals surface area contributed by atoms with Gasteiger partial charge in [-0.15, -0.1) is 0 Å². The molecular weight excluding hydrogens is 358 g/mol. The van der Waals surface area contributed by atoms with Crippen LogP contribution >= 0.6 is 0 Å². The molecular formula is C18H23NO6S. The highest BCUT2D eigenvalue weighted by Gasteiger charge is 2.32. The number of benzene rings is 1. The minimum atomic E-state index is -3.75. The molecule has 3 rings (SSSR count). The SMILES string of the molecule is COc1ccc(C(=O)O[C@@H]2CCCCC2=O)cc1S(=O)(=O)N1CCCC1. The largest absolute Gasteiger partial charge is 0.495 e. The summed E-state index contributed by atoms with van der Waals surface area (Å²) in [7, 11) is -2.36. The molecule has 0 amide bonds. The van der Waals surface area contributed by atoms with Crippen molar-refractivity contribution < 1.29 is 27.5 Å². The number of Topliss-reactive ketones (excluding diaryl/α,β-unsaturated/α-hetero) is 1. The van der Waals surface area contributed by atoms with Crippen LogP contribution in [0.5, 0.6) is 5.75 Å². The molecule has 1 aliphatic heterocycles. The first-order valence-electron chi connectivity index (χ1n) is 8.85. The Labute approximate surface area is 153 Å². The van der Waals surface area contributed by atoms with Crippen molar-refractivity contribution in [2.75, 3.05) is 20.2 Å². The maximum Gasteiger partial charge on any atom is 0.338 e. The van der Waals surface area contributed by atoms with Gasteiger partial charge in [-0.25, -0.2) is 13.2 Å². The first-order valence-corrected chi connectivity index (χ1v) is 10.3. The first kappa shape index (κ1) is 18.8. The fraction of sp³-hybridized carbons (Fsp3) is 0.556. The second kappa shape index (κ2) is 7.75. The van der Waals surface area contributed by atoms with Crippen LogP contribution in [0.4, 0.5) is 0 Å². The van der Waals surface area contributed by atoms with E-state index in [0.717, 1.165) is 25.7 Å². The molecule has 26 heavy (non-hydrogen) atoms. The van der Waals surface area contributed by atoms with Crippen molar-refractivity contribution in [3.05, 3.63) is 23.8 Å². The summed E-state index contributed by atoms with van der Waals surface area (Å²) in [5, 5.41) is 0. The van der Waals surface area contributed by atoms with E-state index in [1.807, 2.05) is 0 Å². The minimum Gasteiger partial charge on any atom is -0.495 e. The third kappa shape index (κ3) is 3.76. The highest BCUT2D eigenvalue weighted by Crippen LogP contribution is 2.30. The van der Waals surface area contributed by atoms with Crippen molar-refractivity contribution in [2.45, 2.75) is 49.5 Å². The summed E-state index contributed by atoms with van der Waals surface area (Å²) in [6.07, 6.45) is 3.46. The van der Waals surface area contributed by atoms with E-state index >= 15 is 0 Å². The lowest BCUT2D eigenvalue weighted by Gasteiger charge is -2.21. The molecule has 0 bridgehead atoms. The second-order valence-electron chi connectivity index (χ2n) is 6.58. The van der Waals surface area contributed by atoms with E-state index in [9.17, 15) is 18.0 Å². The standard InChI is InChI=1S/C18H23NO6S/c1-24-16-9-8-13(18(21)25-15-7-3-2-6-14(15)20)12-17(16)26(22,23)19-10-4-5-11-19/h8-9,12,15H,2-7,10-11H2,1H3/t15-/m1/s1. The Morgan fingerprint density at radius 1 is 1.15 bits per heavy atom. The van der Waals surface area contributed by atoms with Crippen molar-refractivity contribution in [1.82, 2.24) is 4.31 Å². The highest BCUT2D eigenvalue weighted by molar-refractivity contribution is 7.89. The van der Waals surface area contributed by atoms with E-state index in [0.29, 0.717) is 25.9 Å². The fourth-order valence-corrected chi connectivity index (χ4v) is 5.04. The summed E-state index contributed by atoms with van der Waals surface area (Å²) in [5.74, 6) is -0.587. The van der Waals surface area contributed by atoms with Crippen LogP contribution in [0.25, 0.3) is 0 Å². The van der Waals surface area contributed by atoms with Gasteiger partial charge >= 0.3 is 5.97 Å². The molecule has 1 heterocycles. The summed E-state index contributed by atoms with van der Waals surface area (Å²) in [6, 6.07) is 4.18. The monoisotopic (exact) mass is 381 g/mol. The summed E-state index contributed by atoms with van der Waals surface area (Å²) in [5.41, 5.74) is 0.0990. The molecule has 0 radical (unpaired) electrons. The third-order valence-electron chi connectivity index (χ3n) is 4.83. The van der Waals surface area contributed by atoms with E-state index < -0.39 is 22.1 Å². The van der Waals surface area contributed by atoms with Crippen LogP contribution in [0, 0.1) is 0 Å². The van der Waals surface area contributed by atoms with Gasteiger partial charge < -0.3 is 9.47 Å². The number of rotatable bonds is 5. The van der Waals surface area contributed by atoms with Gasteiger partial charge in [0.05, 0.1) is 12.7 Å². The van der Waals surface area contributed by atoms with Crippen LogP contribution in [0.3, 0.4) is 0 Å². The molecule has 2 aliphatic rings. The number of esters is 1. The number of carbonyl (C=O) groups is 2. The van der Waals surface area contributed by atoms with E-state index in [2.05, 4.69) is 0 Å². The number of ether oxygens (including phenoxy) is 2. The van der Waals surface area contributed by atoms with Crippen LogP contribution < -0.4 is 4.74 Å². The molecule has 0 aromatic heterocycles. The van der Waals surface area contributed by atoms with Gasteiger partial charge in [-0.2, -0.15) is 4.31 Å². The number of ketones is 1. The van der Waals surface area contributed by atoms with Crippen molar-refractivity contribution >= 4 is 21.8 Å². The van der Waals surface area contributed by atoms with E-state index in [4.69, 9.17) is 9.47 Å². The topological polar surface area (TPSA) is 90.0 Å². The number of carbonyl (C=O) groups excluding carboxylic acids is 2. The molecule has 8 heteroatoms. The molecule has 2 fully saturated rings. The Hall–Kier alpha value is -1.93. The van der Waals surface area contributed by atoms with Gasteiger partial charge in [-0.3, -0.25) is 4.79 Å². The summed E-state index contributed by atoms with van der Waals surface area (Å²) in [6.45, 7) is 0.910. The molecule has 7 nitrogen and oxygen atoms in total. The zero-order valence-corrected chi connectivity index (χ0v) is 15.6. The average Bonchev–Trinajstić information content (AvgIpc) is 3.18. The fourth-order valence-electron chi connectivity index (χ4n) is 3.35. The first-order chi connectivity index (χ1) is 12.4. The van der Waals surface area contributed by atoms with E-state index in [-0.39, 0.29) is 22.0 Å². The normalized spacial score (nSPS) is 21.6. The quantitative estimate of drug-likeness (QED) is 0.726. The smallest absolute Gasteiger partial charge is 0.338 e. The molecule has 1 atom stereocenters. The predicted octanol–water partition coefficient (Wildman–Crippen LogP) is 2.15. The molecule has 0 N–H and O–H groups in total. The van der Waals surface area contributed by atoms with Crippen molar-refractivity contribution in [1.29, 1.82) is 0 Å². The molecule has 1 aromatic rings. The van der Waals surface area contributed by atoms with E-state index in [1.54, 1.807) is 0 Å². The van der Waals surface area contributed by atoms with Crippen molar-refractivity contribution in [2.24, 2.45) is 0 Å². The lowest BCUT2D eigenvalue weighted by Crippen LogP contribution is -2.30. The lowest BCUT2D eigenvalue weighted by molar-refractivity contribution is -0.129. The van der Waals surface area contributed by atoms with E-state index in [1.165, 1.54) is 29.6 Å². The zero-order chi connectivity index (χ0) is 18.7. The van der Waals surface area contributed by atoms with Gasteiger partial charge in [0, 0.05) is 19.5 Å². The lowest BCUT2D eigenvalue weighted by atomic mass is 9.96. The van der Waals surface area contributed by atoms with Gasteiger partial charge in [-0.05, 0) is 50.3 Å². The molecule has 1 saturated carbocycles. The zero-order valence-electron chi connectivity index (χ0n) is 14.8. The third-order valence-corrected chi connectivity index (χ3v) is 6.75. The Morgan fingerprint density at radius 3 is 2.54 bits per heavy atom. The molecule has 0 unspecified atom stereocenters. The highest BCUT2D eigenvalue weighted by atomic mass is 32.2. The predicted molar refractivity (Wildman–Crippen MR) is 93.7 cm³/mol. The second-order valence-corrected chi connectivity index (χ2v) is 8.49. The van der Waals surface area contributed by atoms with Gasteiger partial charge in [-0.1, -0.05) is 0 Å². The van der Waals surface area contributed by atoms with Gasteiger partial charge in [0.2, 0.25) is 10.0 Å². The maximum atomic E-state index is 12.9.